The van der Waals surface area contributed by atoms with Gasteiger partial charge < -0.3 is 9.64 Å². The van der Waals surface area contributed by atoms with Crippen molar-refractivity contribution < 1.29 is 28.7 Å². The summed E-state index contributed by atoms with van der Waals surface area (Å²) in [5.74, 6) is -2.19. The number of rotatable bonds is 7. The van der Waals surface area contributed by atoms with Crippen molar-refractivity contribution >= 4 is 35.2 Å². The maximum Gasteiger partial charge on any atom is 0.338 e. The lowest BCUT2D eigenvalue weighted by Crippen LogP contribution is -2.29. The highest BCUT2D eigenvalue weighted by Crippen LogP contribution is 2.46. The highest BCUT2D eigenvalue weighted by molar-refractivity contribution is 6.34. The number of fused-ring (bicyclic) bond motifs is 1. The van der Waals surface area contributed by atoms with Crippen LogP contribution in [0.15, 0.2) is 103 Å². The van der Waals surface area contributed by atoms with Gasteiger partial charge in [-0.05, 0) is 55.0 Å². The largest absolute Gasteiger partial charge is 0.462 e. The molecule has 2 aliphatic rings. The van der Waals surface area contributed by atoms with E-state index < -0.39 is 35.8 Å². The van der Waals surface area contributed by atoms with E-state index in [4.69, 9.17) is 4.74 Å². The van der Waals surface area contributed by atoms with Crippen molar-refractivity contribution in [1.82, 2.24) is 4.90 Å². The van der Waals surface area contributed by atoms with Gasteiger partial charge in [-0.1, -0.05) is 60.7 Å². The van der Waals surface area contributed by atoms with Crippen LogP contribution in [0, 0.1) is 0 Å². The second-order valence-electron chi connectivity index (χ2n) is 9.72. The maximum atomic E-state index is 13.8. The summed E-state index contributed by atoms with van der Waals surface area (Å²) in [4.78, 5) is 68.2. The van der Waals surface area contributed by atoms with Crippen LogP contribution in [-0.4, -0.2) is 47.0 Å². The van der Waals surface area contributed by atoms with Crippen molar-refractivity contribution in [3.05, 3.63) is 137 Å². The van der Waals surface area contributed by atoms with Crippen LogP contribution in [0.2, 0.25) is 0 Å². The number of carbonyl (C=O) groups is 5. The van der Waals surface area contributed by atoms with E-state index in [0.29, 0.717) is 16.8 Å². The Morgan fingerprint density at radius 1 is 0.707 bits per heavy atom. The Kier molecular flexibility index (Phi) is 6.51. The first-order valence-corrected chi connectivity index (χ1v) is 13.2. The third kappa shape index (κ3) is 4.49. The van der Waals surface area contributed by atoms with E-state index in [1.165, 1.54) is 47.4 Å². The van der Waals surface area contributed by atoms with Crippen molar-refractivity contribution in [2.45, 2.75) is 19.0 Å². The number of hydrogen-bond acceptors (Lipinski definition) is 6. The van der Waals surface area contributed by atoms with Gasteiger partial charge in [-0.3, -0.25) is 19.2 Å². The van der Waals surface area contributed by atoms with Crippen LogP contribution in [0.25, 0.3) is 0 Å². The summed E-state index contributed by atoms with van der Waals surface area (Å²) >= 11 is 0. The zero-order valence-electron chi connectivity index (χ0n) is 22.0. The molecule has 8 heteroatoms. The Hall–Kier alpha value is -5.37. The number of ether oxygens (including phenoxy) is 1. The molecule has 0 unspecified atom stereocenters. The predicted octanol–water partition coefficient (Wildman–Crippen LogP) is 5.11. The smallest absolute Gasteiger partial charge is 0.338 e. The molecular weight excluding hydrogens is 520 g/mol. The zero-order valence-corrected chi connectivity index (χ0v) is 22.0. The molecule has 4 aromatic carbocycles. The maximum absolute atomic E-state index is 13.8. The first kappa shape index (κ1) is 25.9. The summed E-state index contributed by atoms with van der Waals surface area (Å²) in [6, 6.07) is 27.4. The van der Waals surface area contributed by atoms with Crippen LogP contribution in [0.5, 0.6) is 0 Å². The molecule has 0 aliphatic carbocycles. The molecular formula is C33H24N2O6. The fourth-order valence-corrected chi connectivity index (χ4v) is 5.24. The summed E-state index contributed by atoms with van der Waals surface area (Å²) in [6.45, 7) is 1.93. The lowest BCUT2D eigenvalue weighted by Gasteiger charge is -2.14. The van der Waals surface area contributed by atoms with Gasteiger partial charge in [-0.15, -0.1) is 0 Å². The topological polar surface area (TPSA) is 101 Å². The minimum absolute atomic E-state index is 0.0966. The number of imide groups is 1. The summed E-state index contributed by atoms with van der Waals surface area (Å²) in [7, 11) is 0. The second kappa shape index (κ2) is 10.3. The molecule has 6 rings (SSSR count). The average molecular weight is 545 g/mol. The molecule has 41 heavy (non-hydrogen) atoms. The predicted molar refractivity (Wildman–Crippen MR) is 150 cm³/mol. The Labute approximate surface area is 235 Å². The van der Waals surface area contributed by atoms with Crippen LogP contribution in [-0.2, 0) is 4.74 Å². The third-order valence-electron chi connectivity index (χ3n) is 7.28. The summed E-state index contributed by atoms with van der Waals surface area (Å²) in [5.41, 5.74) is 2.40. The number of anilines is 1. The highest BCUT2D eigenvalue weighted by atomic mass is 16.5. The van der Waals surface area contributed by atoms with E-state index >= 15 is 0 Å². The molecule has 4 aromatic rings. The van der Waals surface area contributed by atoms with Crippen molar-refractivity contribution in [1.29, 1.82) is 0 Å². The fraction of sp³-hybridized carbons (Fsp3) is 0.121. The quantitative estimate of drug-likeness (QED) is 0.139. The van der Waals surface area contributed by atoms with Gasteiger partial charge in [0.2, 0.25) is 0 Å². The highest BCUT2D eigenvalue weighted by Gasteiger charge is 2.56. The molecule has 0 N–H and O–H groups in total. The lowest BCUT2D eigenvalue weighted by atomic mass is 10.0. The molecule has 1 saturated heterocycles. The van der Waals surface area contributed by atoms with Crippen LogP contribution in [0.4, 0.5) is 5.69 Å². The van der Waals surface area contributed by atoms with E-state index in [1.54, 1.807) is 31.2 Å². The van der Waals surface area contributed by atoms with E-state index in [0.717, 1.165) is 10.5 Å². The number of esters is 1. The van der Waals surface area contributed by atoms with Crippen molar-refractivity contribution in [2.75, 3.05) is 11.5 Å². The molecule has 202 valence electrons. The van der Waals surface area contributed by atoms with Gasteiger partial charge in [0.25, 0.3) is 17.7 Å². The minimum Gasteiger partial charge on any atom is -0.462 e. The van der Waals surface area contributed by atoms with Gasteiger partial charge in [0, 0.05) is 11.1 Å². The summed E-state index contributed by atoms with van der Waals surface area (Å²) in [5, 5.41) is 0. The van der Waals surface area contributed by atoms with Crippen molar-refractivity contribution in [2.24, 2.45) is 0 Å². The molecule has 1 fully saturated rings. The van der Waals surface area contributed by atoms with Crippen molar-refractivity contribution in [3.8, 4) is 0 Å². The Morgan fingerprint density at radius 2 is 1.32 bits per heavy atom. The molecule has 0 radical (unpaired) electrons. The van der Waals surface area contributed by atoms with Crippen LogP contribution in [0.1, 0.15) is 70.3 Å². The monoisotopic (exact) mass is 544 g/mol. The average Bonchev–Trinajstić information content (AvgIpc) is 3.71. The number of amides is 3. The van der Waals surface area contributed by atoms with E-state index in [1.807, 2.05) is 36.4 Å². The molecule has 0 bridgehead atoms. The Morgan fingerprint density at radius 3 is 1.98 bits per heavy atom. The van der Waals surface area contributed by atoms with E-state index in [2.05, 4.69) is 0 Å². The number of benzene rings is 4. The second-order valence-corrected chi connectivity index (χ2v) is 9.72. The van der Waals surface area contributed by atoms with Gasteiger partial charge in [-0.2, -0.15) is 0 Å². The van der Waals surface area contributed by atoms with E-state index in [9.17, 15) is 24.0 Å². The molecule has 3 amide bonds. The van der Waals surface area contributed by atoms with E-state index in [-0.39, 0.29) is 29.1 Å². The van der Waals surface area contributed by atoms with Gasteiger partial charge in [0.05, 0.1) is 35.0 Å². The molecule has 2 aliphatic heterocycles. The Balaban J connectivity index is 1.28. The van der Waals surface area contributed by atoms with Crippen LogP contribution in [0.3, 0.4) is 0 Å². The number of ketones is 1. The summed E-state index contributed by atoms with van der Waals surface area (Å²) < 4.78 is 4.99. The number of nitrogens with zero attached hydrogens (tertiary/aromatic N) is 2. The molecule has 0 spiro atoms. The van der Waals surface area contributed by atoms with Crippen LogP contribution >= 0.6 is 0 Å². The standard InChI is InChI=1S/C33H24N2O6/c1-2-41-33(40)22-13-16-24(17-14-22)34-31(38)25-18-15-23(19-26(25)32(34)39)30(37)35-27(20-9-5-3-6-10-20)28(35)29(36)21-11-7-4-8-12-21/h3-19,27-28H,2H2,1H3/t27-,28+,35?/m0/s1. The molecule has 2 atom stereocenters. The summed E-state index contributed by atoms with van der Waals surface area (Å²) in [6.07, 6.45) is 0. The van der Waals surface area contributed by atoms with Gasteiger partial charge in [-0.25, -0.2) is 9.69 Å². The van der Waals surface area contributed by atoms with Crippen molar-refractivity contribution in [3.63, 3.8) is 0 Å². The Bertz CT molecular complexity index is 1700. The van der Waals surface area contributed by atoms with Gasteiger partial charge >= 0.3 is 5.97 Å². The first-order chi connectivity index (χ1) is 19.9. The number of hydrogen-bond donors (Lipinski definition) is 0. The SMILES string of the molecule is CCOC(=O)c1ccc(N2C(=O)c3ccc(C(=O)N4[C@@H](C(=O)c5ccccc5)[C@@H]4c4ccccc4)cc3C2=O)cc1. The zero-order chi connectivity index (χ0) is 28.7. The first-order valence-electron chi connectivity index (χ1n) is 13.2. The number of Topliss-reactive ketones (excluding diaryl/α,β-unsaturated/α-hetero) is 1. The lowest BCUT2D eigenvalue weighted by molar-refractivity contribution is 0.0526. The van der Waals surface area contributed by atoms with Gasteiger partial charge in [0.15, 0.2) is 5.78 Å². The van der Waals surface area contributed by atoms with Gasteiger partial charge in [0.1, 0.15) is 6.04 Å². The van der Waals surface area contributed by atoms with Crippen LogP contribution < -0.4 is 4.90 Å². The number of carbonyl (C=O) groups excluding carboxylic acids is 5. The normalized spacial score (nSPS) is 17.3. The molecule has 0 saturated carbocycles. The molecule has 8 nitrogen and oxygen atoms in total. The third-order valence-corrected chi connectivity index (χ3v) is 7.28. The fourth-order valence-electron chi connectivity index (χ4n) is 5.24. The molecule has 0 aromatic heterocycles. The molecule has 2 heterocycles. The minimum atomic E-state index is -0.688.